The average Bonchev–Trinajstić information content (AvgIpc) is 2.90. The first-order valence-electron chi connectivity index (χ1n) is 7.70. The Hall–Kier alpha value is -2.47. The van der Waals surface area contributed by atoms with Crippen LogP contribution in [0, 0.1) is 0 Å². The molecule has 0 bridgehead atoms. The van der Waals surface area contributed by atoms with Gasteiger partial charge in [0.05, 0.1) is 17.7 Å². The Morgan fingerprint density at radius 3 is 2.62 bits per heavy atom. The maximum absolute atomic E-state index is 12.5. The molecule has 0 aliphatic carbocycles. The molecule has 3 rings (SSSR count). The van der Waals surface area contributed by atoms with Crippen LogP contribution in [0.5, 0.6) is 0 Å². The molecule has 24 heavy (non-hydrogen) atoms. The van der Waals surface area contributed by atoms with Gasteiger partial charge in [-0.3, -0.25) is 9.59 Å². The fourth-order valence-corrected chi connectivity index (χ4v) is 3.96. The van der Waals surface area contributed by atoms with Gasteiger partial charge in [0, 0.05) is 17.1 Å². The molecule has 3 N–H and O–H groups in total. The molecule has 5 nitrogen and oxygen atoms in total. The molecule has 0 radical (unpaired) electrons. The summed E-state index contributed by atoms with van der Waals surface area (Å²) in [5.74, 6) is -0.823. The molecule has 0 aromatic heterocycles. The Balaban J connectivity index is 1.83. The van der Waals surface area contributed by atoms with E-state index in [2.05, 4.69) is 10.6 Å². The Labute approximate surface area is 144 Å². The summed E-state index contributed by atoms with van der Waals surface area (Å²) in [6.07, 6.45) is 0.0631. The molecule has 124 valence electrons. The Morgan fingerprint density at radius 1 is 1.17 bits per heavy atom. The number of hydrogen-bond acceptors (Lipinski definition) is 4. The normalized spacial score (nSPS) is 17.0. The summed E-state index contributed by atoms with van der Waals surface area (Å²) in [7, 11) is 0. The number of hydrogen-bond donors (Lipinski definition) is 3. The third kappa shape index (κ3) is 3.71. The fourth-order valence-electron chi connectivity index (χ4n) is 2.73. The highest BCUT2D eigenvalue weighted by atomic mass is 32.2. The molecule has 0 fully saturated rings. The first-order valence-corrected chi connectivity index (χ1v) is 8.75. The van der Waals surface area contributed by atoms with Crippen LogP contribution in [0.25, 0.3) is 0 Å². The highest BCUT2D eigenvalue weighted by molar-refractivity contribution is 8.00. The minimum atomic E-state index is -0.836. The van der Waals surface area contributed by atoms with Gasteiger partial charge in [-0.15, -0.1) is 11.8 Å². The Bertz CT molecular complexity index is 736. The maximum Gasteiger partial charge on any atom is 0.304 e. The van der Waals surface area contributed by atoms with Gasteiger partial charge in [-0.05, 0) is 23.8 Å². The van der Waals surface area contributed by atoms with Gasteiger partial charge in [-0.1, -0.05) is 36.4 Å². The summed E-state index contributed by atoms with van der Waals surface area (Å²) in [6, 6.07) is 17.3. The molecule has 0 saturated heterocycles. The number of benzene rings is 2. The van der Waals surface area contributed by atoms with Crippen LogP contribution in [0.15, 0.2) is 54.6 Å². The number of carboxylic acids is 1. The highest BCUT2D eigenvalue weighted by Crippen LogP contribution is 2.39. The second-order valence-corrected chi connectivity index (χ2v) is 6.75. The molecule has 6 heteroatoms. The van der Waals surface area contributed by atoms with E-state index in [-0.39, 0.29) is 23.6 Å². The summed E-state index contributed by atoms with van der Waals surface area (Å²) in [5, 5.41) is 14.9. The zero-order valence-corrected chi connectivity index (χ0v) is 13.8. The van der Waals surface area contributed by atoms with Crippen molar-refractivity contribution >= 4 is 35.0 Å². The number of rotatable bonds is 7. The molecular weight excluding hydrogens is 324 g/mol. The van der Waals surface area contributed by atoms with E-state index in [0.717, 1.165) is 16.9 Å². The highest BCUT2D eigenvalue weighted by Gasteiger charge is 2.37. The zero-order valence-electron chi connectivity index (χ0n) is 12.9. The van der Waals surface area contributed by atoms with E-state index in [1.54, 1.807) is 0 Å². The first-order chi connectivity index (χ1) is 11.6. The number of para-hydroxylation sites is 2. The van der Waals surface area contributed by atoms with Crippen molar-refractivity contribution in [3.8, 4) is 0 Å². The lowest BCUT2D eigenvalue weighted by Crippen LogP contribution is -2.30. The van der Waals surface area contributed by atoms with Crippen LogP contribution in [-0.4, -0.2) is 28.1 Å². The van der Waals surface area contributed by atoms with Gasteiger partial charge in [0.15, 0.2) is 0 Å². The van der Waals surface area contributed by atoms with E-state index in [0.29, 0.717) is 5.75 Å². The van der Waals surface area contributed by atoms with Crippen LogP contribution in [-0.2, 0) is 9.59 Å². The molecule has 1 aliphatic rings. The Kier molecular flexibility index (Phi) is 5.05. The van der Waals surface area contributed by atoms with Crippen molar-refractivity contribution in [1.82, 2.24) is 0 Å². The number of carbonyl (C=O) groups excluding carboxylic acids is 1. The van der Waals surface area contributed by atoms with Crippen molar-refractivity contribution in [2.45, 2.75) is 17.7 Å². The standard InChI is InChI=1S/C18H18N2O3S/c21-15(22)10-11-24-18(19-12-6-2-1-3-7-12)16-13-8-4-5-9-14(13)20-17(16)23/h1-9,16,18-19H,10-11H2,(H,20,23)(H,21,22). The van der Waals surface area contributed by atoms with E-state index in [1.165, 1.54) is 11.8 Å². The number of nitrogens with one attached hydrogen (secondary N) is 2. The summed E-state index contributed by atoms with van der Waals surface area (Å²) < 4.78 is 0. The summed E-state index contributed by atoms with van der Waals surface area (Å²) >= 11 is 1.46. The molecule has 1 amide bonds. The van der Waals surface area contributed by atoms with Crippen LogP contribution in [0.4, 0.5) is 11.4 Å². The SMILES string of the molecule is O=C(O)CCSC(Nc1ccccc1)C1C(=O)Nc2ccccc21. The third-order valence-corrected chi connectivity index (χ3v) is 5.02. The number of amides is 1. The third-order valence-electron chi connectivity index (χ3n) is 3.83. The first kappa shape index (κ1) is 16.4. The maximum atomic E-state index is 12.5. The molecule has 1 aliphatic heterocycles. The number of thioether (sulfide) groups is 1. The lowest BCUT2D eigenvalue weighted by molar-refractivity contribution is -0.136. The quantitative estimate of drug-likeness (QED) is 0.673. The van der Waals surface area contributed by atoms with Gasteiger partial charge in [0.25, 0.3) is 0 Å². The van der Waals surface area contributed by atoms with Crippen molar-refractivity contribution in [1.29, 1.82) is 0 Å². The van der Waals surface area contributed by atoms with Gasteiger partial charge in [0.2, 0.25) is 5.91 Å². The lowest BCUT2D eigenvalue weighted by Gasteiger charge is -2.24. The number of anilines is 2. The molecule has 2 aromatic rings. The minimum absolute atomic E-state index is 0.0625. The number of fused-ring (bicyclic) bond motifs is 1. The number of carboxylic acid groups (broad SMARTS) is 1. The summed E-state index contributed by atoms with van der Waals surface area (Å²) in [6.45, 7) is 0. The van der Waals surface area contributed by atoms with Crippen molar-refractivity contribution < 1.29 is 14.7 Å². The number of aliphatic carboxylic acids is 1. The molecule has 0 spiro atoms. The summed E-state index contributed by atoms with van der Waals surface area (Å²) in [4.78, 5) is 23.3. The molecule has 1 heterocycles. The van der Waals surface area contributed by atoms with Crippen molar-refractivity contribution in [3.05, 3.63) is 60.2 Å². The van der Waals surface area contributed by atoms with Gasteiger partial charge in [0.1, 0.15) is 0 Å². The van der Waals surface area contributed by atoms with Crippen molar-refractivity contribution in [2.24, 2.45) is 0 Å². The van der Waals surface area contributed by atoms with Gasteiger partial charge in [-0.2, -0.15) is 0 Å². The number of carbonyl (C=O) groups is 2. The van der Waals surface area contributed by atoms with Crippen LogP contribution < -0.4 is 10.6 Å². The second-order valence-electron chi connectivity index (χ2n) is 5.50. The summed E-state index contributed by atoms with van der Waals surface area (Å²) in [5.41, 5.74) is 2.67. The van der Waals surface area contributed by atoms with E-state index in [1.807, 2.05) is 54.6 Å². The van der Waals surface area contributed by atoms with Gasteiger partial charge in [-0.25, -0.2) is 0 Å². The van der Waals surface area contributed by atoms with E-state index in [9.17, 15) is 9.59 Å². The molecule has 2 atom stereocenters. The van der Waals surface area contributed by atoms with Crippen molar-refractivity contribution in [2.75, 3.05) is 16.4 Å². The second kappa shape index (κ2) is 7.40. The predicted octanol–water partition coefficient (Wildman–Crippen LogP) is 3.37. The topological polar surface area (TPSA) is 78.4 Å². The van der Waals surface area contributed by atoms with E-state index >= 15 is 0 Å². The molecular formula is C18H18N2O3S. The van der Waals surface area contributed by atoms with Crippen molar-refractivity contribution in [3.63, 3.8) is 0 Å². The molecule has 2 aromatic carbocycles. The van der Waals surface area contributed by atoms with Crippen LogP contribution in [0.2, 0.25) is 0 Å². The fraction of sp³-hybridized carbons (Fsp3) is 0.222. The van der Waals surface area contributed by atoms with Gasteiger partial charge < -0.3 is 15.7 Å². The van der Waals surface area contributed by atoms with Crippen LogP contribution >= 0.6 is 11.8 Å². The predicted molar refractivity (Wildman–Crippen MR) is 96.4 cm³/mol. The van der Waals surface area contributed by atoms with Crippen LogP contribution in [0.1, 0.15) is 17.9 Å². The Morgan fingerprint density at radius 2 is 1.88 bits per heavy atom. The monoisotopic (exact) mass is 342 g/mol. The van der Waals surface area contributed by atoms with Crippen LogP contribution in [0.3, 0.4) is 0 Å². The van der Waals surface area contributed by atoms with E-state index in [4.69, 9.17) is 5.11 Å². The lowest BCUT2D eigenvalue weighted by atomic mass is 10.0. The average molecular weight is 342 g/mol. The zero-order chi connectivity index (χ0) is 16.9. The minimum Gasteiger partial charge on any atom is -0.481 e. The molecule has 2 unspecified atom stereocenters. The molecule has 0 saturated carbocycles. The smallest absolute Gasteiger partial charge is 0.304 e. The largest absolute Gasteiger partial charge is 0.481 e. The van der Waals surface area contributed by atoms with Gasteiger partial charge >= 0.3 is 5.97 Å². The van der Waals surface area contributed by atoms with E-state index < -0.39 is 5.97 Å².